The second-order valence-corrected chi connectivity index (χ2v) is 5.74. The Bertz CT molecular complexity index is 611. The van der Waals surface area contributed by atoms with E-state index in [1.165, 1.54) is 12.8 Å². The molecule has 1 aliphatic carbocycles. The Morgan fingerprint density at radius 3 is 2.71 bits per heavy atom. The summed E-state index contributed by atoms with van der Waals surface area (Å²) in [4.78, 5) is 0. The smallest absolute Gasteiger partial charge is 0.347 e. The summed E-state index contributed by atoms with van der Waals surface area (Å²) < 4.78 is 38.8. The quantitative estimate of drug-likeness (QED) is 0.844. The summed E-state index contributed by atoms with van der Waals surface area (Å²) in [7, 11) is 0. The minimum absolute atomic E-state index is 0.123. The molecule has 1 aromatic carbocycles. The zero-order chi connectivity index (χ0) is 14.9. The van der Waals surface area contributed by atoms with Crippen molar-refractivity contribution < 1.29 is 13.2 Å². The van der Waals surface area contributed by atoms with Gasteiger partial charge in [0.15, 0.2) is 0 Å². The van der Waals surface area contributed by atoms with Gasteiger partial charge in [0.1, 0.15) is 0 Å². The third-order valence-corrected chi connectivity index (χ3v) is 3.89. The van der Waals surface area contributed by atoms with Gasteiger partial charge in [-0.05, 0) is 36.3 Å². The van der Waals surface area contributed by atoms with Crippen LogP contribution < -0.4 is 5.32 Å². The molecule has 21 heavy (non-hydrogen) atoms. The predicted molar refractivity (Wildman–Crippen MR) is 77.1 cm³/mol. The maximum absolute atomic E-state index is 12.3. The Kier molecular flexibility index (Phi) is 3.93. The molecule has 1 heterocycles. The van der Waals surface area contributed by atoms with E-state index in [1.54, 1.807) is 0 Å². The van der Waals surface area contributed by atoms with Crippen LogP contribution in [0.15, 0.2) is 30.5 Å². The number of nitrogens with one attached hydrogen (secondary N) is 1. The van der Waals surface area contributed by atoms with Crippen molar-refractivity contribution in [2.75, 3.05) is 0 Å². The van der Waals surface area contributed by atoms with Gasteiger partial charge < -0.3 is 9.88 Å². The van der Waals surface area contributed by atoms with Crippen molar-refractivity contribution in [1.82, 2.24) is 9.88 Å². The highest BCUT2D eigenvalue weighted by Crippen LogP contribution is 2.25. The van der Waals surface area contributed by atoms with Crippen molar-refractivity contribution in [3.05, 3.63) is 36.0 Å². The number of aromatic nitrogens is 1. The number of para-hydroxylation sites is 1. The van der Waals surface area contributed by atoms with E-state index in [0.717, 1.165) is 23.0 Å². The number of alkyl halides is 3. The number of nitrogens with zero attached hydrogens (tertiary/aromatic N) is 1. The van der Waals surface area contributed by atoms with Gasteiger partial charge in [0.2, 0.25) is 0 Å². The molecule has 0 amide bonds. The van der Waals surface area contributed by atoms with Crippen LogP contribution in [0.4, 0.5) is 13.2 Å². The van der Waals surface area contributed by atoms with E-state index in [9.17, 15) is 13.2 Å². The van der Waals surface area contributed by atoms with E-state index in [-0.39, 0.29) is 6.42 Å². The lowest BCUT2D eigenvalue weighted by molar-refractivity contribution is -0.135. The first-order valence-electron chi connectivity index (χ1n) is 7.40. The number of aryl methyl sites for hydroxylation is 1. The van der Waals surface area contributed by atoms with Gasteiger partial charge in [-0.3, -0.25) is 0 Å². The van der Waals surface area contributed by atoms with Crippen molar-refractivity contribution in [3.8, 4) is 0 Å². The van der Waals surface area contributed by atoms with Gasteiger partial charge in [-0.2, -0.15) is 13.2 Å². The first-order chi connectivity index (χ1) is 10.0. The Labute approximate surface area is 121 Å². The topological polar surface area (TPSA) is 17.0 Å². The molecule has 0 saturated heterocycles. The molecule has 1 fully saturated rings. The van der Waals surface area contributed by atoms with Crippen LogP contribution >= 0.6 is 0 Å². The van der Waals surface area contributed by atoms with Crippen LogP contribution in [-0.2, 0) is 13.1 Å². The maximum Gasteiger partial charge on any atom is 0.389 e. The van der Waals surface area contributed by atoms with Gasteiger partial charge >= 0.3 is 6.18 Å². The molecular weight excluding hydrogens is 277 g/mol. The summed E-state index contributed by atoms with van der Waals surface area (Å²) in [5.74, 6) is 0. The number of fused-ring (bicyclic) bond motifs is 1. The Morgan fingerprint density at radius 2 is 2.00 bits per heavy atom. The van der Waals surface area contributed by atoms with Crippen LogP contribution in [0.2, 0.25) is 0 Å². The van der Waals surface area contributed by atoms with E-state index >= 15 is 0 Å². The van der Waals surface area contributed by atoms with Gasteiger partial charge in [-0.15, -0.1) is 0 Å². The molecular formula is C16H19F3N2. The second kappa shape index (κ2) is 5.72. The van der Waals surface area contributed by atoms with E-state index in [2.05, 4.69) is 11.4 Å². The fraction of sp³-hybridized carbons (Fsp3) is 0.500. The lowest BCUT2D eigenvalue weighted by atomic mass is 10.1. The molecule has 0 aliphatic heterocycles. The van der Waals surface area contributed by atoms with Gasteiger partial charge in [0, 0.05) is 31.7 Å². The number of halogens is 3. The van der Waals surface area contributed by atoms with Crippen LogP contribution in [-0.4, -0.2) is 16.8 Å². The highest BCUT2D eigenvalue weighted by Gasteiger charge is 2.26. The highest BCUT2D eigenvalue weighted by atomic mass is 19.4. The molecule has 2 aromatic rings. The third-order valence-electron chi connectivity index (χ3n) is 3.89. The normalized spacial score (nSPS) is 15.8. The van der Waals surface area contributed by atoms with Crippen LogP contribution in [0.3, 0.4) is 0 Å². The first kappa shape index (κ1) is 14.4. The van der Waals surface area contributed by atoms with Crippen molar-refractivity contribution >= 4 is 10.9 Å². The number of hydrogen-bond acceptors (Lipinski definition) is 1. The molecule has 114 valence electrons. The van der Waals surface area contributed by atoms with Gasteiger partial charge in [0.05, 0.1) is 5.52 Å². The SMILES string of the molecule is FC(F)(F)CCCn1ccc2cccc(CNC3CC3)c21. The molecule has 1 aliphatic rings. The largest absolute Gasteiger partial charge is 0.389 e. The van der Waals surface area contributed by atoms with Crippen molar-refractivity contribution in [2.45, 2.75) is 51.0 Å². The number of benzene rings is 1. The number of hydrogen-bond donors (Lipinski definition) is 1. The van der Waals surface area contributed by atoms with E-state index < -0.39 is 12.6 Å². The highest BCUT2D eigenvalue weighted by molar-refractivity contribution is 5.83. The van der Waals surface area contributed by atoms with E-state index in [4.69, 9.17) is 0 Å². The van der Waals surface area contributed by atoms with Crippen LogP contribution in [0, 0.1) is 0 Å². The zero-order valence-electron chi connectivity index (χ0n) is 11.8. The lowest BCUT2D eigenvalue weighted by Gasteiger charge is -2.11. The average Bonchev–Trinajstić information content (AvgIpc) is 3.16. The Morgan fingerprint density at radius 1 is 1.19 bits per heavy atom. The summed E-state index contributed by atoms with van der Waals surface area (Å²) in [6.07, 6.45) is -0.334. The van der Waals surface area contributed by atoms with E-state index in [1.807, 2.05) is 29.0 Å². The van der Waals surface area contributed by atoms with Crippen molar-refractivity contribution in [2.24, 2.45) is 0 Å². The average molecular weight is 296 g/mol. The number of rotatable bonds is 6. The van der Waals surface area contributed by atoms with Crippen LogP contribution in [0.5, 0.6) is 0 Å². The van der Waals surface area contributed by atoms with Gasteiger partial charge in [0.25, 0.3) is 0 Å². The molecule has 1 N–H and O–H groups in total. The standard InChI is InChI=1S/C16H19F3N2/c17-16(18,19)8-2-9-21-10-7-12-3-1-4-13(15(12)21)11-20-14-5-6-14/h1,3-4,7,10,14,20H,2,5-6,8-9,11H2. The molecule has 0 bridgehead atoms. The van der Waals surface area contributed by atoms with Gasteiger partial charge in [-0.1, -0.05) is 18.2 Å². The van der Waals surface area contributed by atoms with Gasteiger partial charge in [-0.25, -0.2) is 0 Å². The maximum atomic E-state index is 12.3. The second-order valence-electron chi connectivity index (χ2n) is 5.74. The first-order valence-corrected chi connectivity index (χ1v) is 7.40. The molecule has 2 nitrogen and oxygen atoms in total. The summed E-state index contributed by atoms with van der Waals surface area (Å²) in [5.41, 5.74) is 2.23. The summed E-state index contributed by atoms with van der Waals surface area (Å²) in [5, 5.41) is 4.56. The summed E-state index contributed by atoms with van der Waals surface area (Å²) in [6.45, 7) is 1.19. The molecule has 0 radical (unpaired) electrons. The molecule has 1 aromatic heterocycles. The predicted octanol–water partition coefficient (Wildman–Crippen LogP) is 4.24. The monoisotopic (exact) mass is 296 g/mol. The van der Waals surface area contributed by atoms with Crippen molar-refractivity contribution in [1.29, 1.82) is 0 Å². The summed E-state index contributed by atoms with van der Waals surface area (Å²) >= 11 is 0. The van der Waals surface area contributed by atoms with E-state index in [0.29, 0.717) is 12.6 Å². The molecule has 0 spiro atoms. The lowest BCUT2D eigenvalue weighted by Crippen LogP contribution is -2.16. The zero-order valence-corrected chi connectivity index (χ0v) is 11.8. The molecule has 0 unspecified atom stereocenters. The molecule has 0 atom stereocenters. The molecule has 1 saturated carbocycles. The van der Waals surface area contributed by atoms with Crippen LogP contribution in [0.1, 0.15) is 31.2 Å². The fourth-order valence-corrected chi connectivity index (χ4v) is 2.66. The Balaban J connectivity index is 1.74. The minimum atomic E-state index is -4.07. The molecule has 3 rings (SSSR count). The summed E-state index contributed by atoms with van der Waals surface area (Å²) in [6, 6.07) is 8.67. The molecule has 5 heteroatoms. The van der Waals surface area contributed by atoms with Crippen LogP contribution in [0.25, 0.3) is 10.9 Å². The third kappa shape index (κ3) is 3.79. The Hall–Kier alpha value is -1.49. The minimum Gasteiger partial charge on any atom is -0.347 e. The fourth-order valence-electron chi connectivity index (χ4n) is 2.66. The van der Waals surface area contributed by atoms with Crippen molar-refractivity contribution in [3.63, 3.8) is 0 Å².